The molecule has 1 aromatic carbocycles. The van der Waals surface area contributed by atoms with Crippen LogP contribution in [0, 0.1) is 13.8 Å². The third kappa shape index (κ3) is 3.80. The van der Waals surface area contributed by atoms with Crippen LogP contribution in [0.5, 0.6) is 0 Å². The Morgan fingerprint density at radius 1 is 1.15 bits per heavy atom. The van der Waals surface area contributed by atoms with Gasteiger partial charge in [0, 0.05) is 44.0 Å². The van der Waals surface area contributed by atoms with Crippen LogP contribution in [0.1, 0.15) is 34.2 Å². The van der Waals surface area contributed by atoms with Crippen molar-refractivity contribution in [3.05, 3.63) is 53.1 Å². The number of rotatable bonds is 5. The standard InChI is InChI=1S/C21H24N4O2/c1-6-27-12-18-22-10-15(11-23-18)20-14(3)19(21(26)25(4)5)16-9-13(2)7-8-17(16)24-20/h7-11H,6,12H2,1-5H3. The third-order valence-corrected chi connectivity index (χ3v) is 4.42. The summed E-state index contributed by atoms with van der Waals surface area (Å²) in [6.07, 6.45) is 3.47. The van der Waals surface area contributed by atoms with Crippen molar-refractivity contribution in [2.75, 3.05) is 20.7 Å². The van der Waals surface area contributed by atoms with Crippen molar-refractivity contribution >= 4 is 16.8 Å². The van der Waals surface area contributed by atoms with Crippen LogP contribution in [0.4, 0.5) is 0 Å². The second-order valence-corrected chi connectivity index (χ2v) is 6.71. The number of pyridine rings is 1. The minimum Gasteiger partial charge on any atom is -0.374 e. The summed E-state index contributed by atoms with van der Waals surface area (Å²) in [4.78, 5) is 28.0. The lowest BCUT2D eigenvalue weighted by atomic mass is 9.97. The zero-order chi connectivity index (χ0) is 19.6. The summed E-state index contributed by atoms with van der Waals surface area (Å²) >= 11 is 0. The fraction of sp³-hybridized carbons (Fsp3) is 0.333. The van der Waals surface area contributed by atoms with E-state index in [2.05, 4.69) is 9.97 Å². The Morgan fingerprint density at radius 2 is 1.85 bits per heavy atom. The first kappa shape index (κ1) is 18.9. The van der Waals surface area contributed by atoms with Gasteiger partial charge in [-0.05, 0) is 38.5 Å². The molecule has 140 valence electrons. The summed E-state index contributed by atoms with van der Waals surface area (Å²) in [5.74, 6) is 0.583. The molecule has 0 bridgehead atoms. The predicted molar refractivity (Wildman–Crippen MR) is 106 cm³/mol. The summed E-state index contributed by atoms with van der Waals surface area (Å²) in [6.45, 7) is 6.87. The number of aromatic nitrogens is 3. The summed E-state index contributed by atoms with van der Waals surface area (Å²) in [5, 5.41) is 0.865. The SMILES string of the molecule is CCOCc1ncc(-c2nc3ccc(C)cc3c(C(=O)N(C)C)c2C)cn1. The Labute approximate surface area is 159 Å². The van der Waals surface area contributed by atoms with E-state index < -0.39 is 0 Å². The van der Waals surface area contributed by atoms with Crippen LogP contribution in [0.15, 0.2) is 30.6 Å². The minimum atomic E-state index is -0.0411. The van der Waals surface area contributed by atoms with Gasteiger partial charge in [-0.1, -0.05) is 11.6 Å². The molecule has 0 fully saturated rings. The van der Waals surface area contributed by atoms with Crippen LogP contribution in [0.25, 0.3) is 22.2 Å². The third-order valence-electron chi connectivity index (χ3n) is 4.42. The topological polar surface area (TPSA) is 68.2 Å². The molecule has 0 aliphatic carbocycles. The molecule has 1 amide bonds. The highest BCUT2D eigenvalue weighted by Gasteiger charge is 2.20. The number of hydrogen-bond acceptors (Lipinski definition) is 5. The van der Waals surface area contributed by atoms with E-state index in [0.717, 1.165) is 33.3 Å². The van der Waals surface area contributed by atoms with Gasteiger partial charge in [-0.3, -0.25) is 4.79 Å². The van der Waals surface area contributed by atoms with E-state index in [1.54, 1.807) is 31.4 Å². The van der Waals surface area contributed by atoms with E-state index in [4.69, 9.17) is 9.72 Å². The van der Waals surface area contributed by atoms with Crippen molar-refractivity contribution in [3.8, 4) is 11.3 Å². The van der Waals surface area contributed by atoms with Gasteiger partial charge in [-0.25, -0.2) is 15.0 Å². The Bertz CT molecular complexity index is 982. The van der Waals surface area contributed by atoms with E-state index in [-0.39, 0.29) is 5.91 Å². The molecule has 2 aromatic heterocycles. The molecule has 2 heterocycles. The molecular weight excluding hydrogens is 340 g/mol. The first-order valence-electron chi connectivity index (χ1n) is 8.94. The first-order valence-corrected chi connectivity index (χ1v) is 8.94. The van der Waals surface area contributed by atoms with E-state index in [1.165, 1.54) is 0 Å². The average molecular weight is 364 g/mol. The summed E-state index contributed by atoms with van der Waals surface area (Å²) in [5.41, 5.74) is 4.87. The normalized spacial score (nSPS) is 11.0. The molecule has 0 radical (unpaired) electrons. The van der Waals surface area contributed by atoms with Crippen molar-refractivity contribution in [2.24, 2.45) is 0 Å². The van der Waals surface area contributed by atoms with Gasteiger partial charge < -0.3 is 9.64 Å². The highest BCUT2D eigenvalue weighted by molar-refractivity contribution is 6.08. The molecule has 0 aliphatic rings. The van der Waals surface area contributed by atoms with Crippen LogP contribution in [-0.2, 0) is 11.3 Å². The second-order valence-electron chi connectivity index (χ2n) is 6.71. The van der Waals surface area contributed by atoms with Crippen molar-refractivity contribution in [3.63, 3.8) is 0 Å². The molecule has 6 nitrogen and oxygen atoms in total. The first-order chi connectivity index (χ1) is 12.9. The molecule has 3 aromatic rings. The van der Waals surface area contributed by atoms with Crippen molar-refractivity contribution in [1.82, 2.24) is 19.9 Å². The van der Waals surface area contributed by atoms with Crippen molar-refractivity contribution < 1.29 is 9.53 Å². The number of benzene rings is 1. The Morgan fingerprint density at radius 3 is 2.48 bits per heavy atom. The Hall–Kier alpha value is -2.86. The number of fused-ring (bicyclic) bond motifs is 1. The quantitative estimate of drug-likeness (QED) is 0.692. The van der Waals surface area contributed by atoms with Gasteiger partial charge in [0.15, 0.2) is 5.82 Å². The van der Waals surface area contributed by atoms with Gasteiger partial charge >= 0.3 is 0 Å². The minimum absolute atomic E-state index is 0.0411. The fourth-order valence-corrected chi connectivity index (χ4v) is 3.00. The molecule has 0 atom stereocenters. The lowest BCUT2D eigenvalue weighted by Crippen LogP contribution is -2.23. The lowest BCUT2D eigenvalue weighted by Gasteiger charge is -2.17. The van der Waals surface area contributed by atoms with Gasteiger partial charge in [0.05, 0.1) is 16.8 Å². The molecule has 0 saturated heterocycles. The smallest absolute Gasteiger partial charge is 0.254 e. The van der Waals surface area contributed by atoms with Crippen molar-refractivity contribution in [1.29, 1.82) is 0 Å². The van der Waals surface area contributed by atoms with Gasteiger partial charge in [0.25, 0.3) is 5.91 Å². The zero-order valence-corrected chi connectivity index (χ0v) is 16.4. The van der Waals surface area contributed by atoms with Gasteiger partial charge in [0.2, 0.25) is 0 Å². The van der Waals surface area contributed by atoms with Gasteiger partial charge in [-0.15, -0.1) is 0 Å². The summed E-state index contributed by atoms with van der Waals surface area (Å²) in [7, 11) is 3.52. The molecule has 27 heavy (non-hydrogen) atoms. The van der Waals surface area contributed by atoms with Gasteiger partial charge in [0.1, 0.15) is 6.61 Å². The maximum Gasteiger partial charge on any atom is 0.254 e. The Balaban J connectivity index is 2.17. The predicted octanol–water partition coefficient (Wildman–Crippen LogP) is 3.55. The fourth-order valence-electron chi connectivity index (χ4n) is 3.00. The van der Waals surface area contributed by atoms with Crippen LogP contribution >= 0.6 is 0 Å². The van der Waals surface area contributed by atoms with Crippen LogP contribution in [0.3, 0.4) is 0 Å². The summed E-state index contributed by atoms with van der Waals surface area (Å²) in [6, 6.07) is 5.96. The van der Waals surface area contributed by atoms with Crippen LogP contribution < -0.4 is 0 Å². The average Bonchev–Trinajstić information content (AvgIpc) is 2.66. The molecule has 6 heteroatoms. The maximum atomic E-state index is 12.9. The number of aryl methyl sites for hydroxylation is 1. The second kappa shape index (κ2) is 7.80. The zero-order valence-electron chi connectivity index (χ0n) is 16.4. The number of ether oxygens (including phenoxy) is 1. The largest absolute Gasteiger partial charge is 0.374 e. The highest BCUT2D eigenvalue weighted by atomic mass is 16.5. The van der Waals surface area contributed by atoms with Gasteiger partial charge in [-0.2, -0.15) is 0 Å². The van der Waals surface area contributed by atoms with E-state index in [9.17, 15) is 4.79 Å². The van der Waals surface area contributed by atoms with E-state index in [1.807, 2.05) is 39.0 Å². The molecule has 0 aliphatic heterocycles. The molecule has 0 spiro atoms. The van der Waals surface area contributed by atoms with Crippen LogP contribution in [-0.4, -0.2) is 46.5 Å². The number of carbonyl (C=O) groups is 1. The molecule has 0 N–H and O–H groups in total. The number of carbonyl (C=O) groups excluding carboxylic acids is 1. The highest BCUT2D eigenvalue weighted by Crippen LogP contribution is 2.30. The van der Waals surface area contributed by atoms with Crippen molar-refractivity contribution in [2.45, 2.75) is 27.4 Å². The lowest BCUT2D eigenvalue weighted by molar-refractivity contribution is 0.0829. The number of nitrogens with zero attached hydrogens (tertiary/aromatic N) is 4. The molecule has 3 rings (SSSR count). The van der Waals surface area contributed by atoms with E-state index >= 15 is 0 Å². The maximum absolute atomic E-state index is 12.9. The number of amides is 1. The summed E-state index contributed by atoms with van der Waals surface area (Å²) < 4.78 is 5.34. The molecule has 0 saturated carbocycles. The molecular formula is C21H24N4O2. The van der Waals surface area contributed by atoms with E-state index in [0.29, 0.717) is 24.6 Å². The van der Waals surface area contributed by atoms with Crippen LogP contribution in [0.2, 0.25) is 0 Å². The Kier molecular flexibility index (Phi) is 5.46. The molecule has 0 unspecified atom stereocenters. The monoisotopic (exact) mass is 364 g/mol. The number of hydrogen-bond donors (Lipinski definition) is 0.